The molecular formula is C26H31N5O2. The molecule has 6 rings (SSSR count). The first-order valence-corrected chi connectivity index (χ1v) is 12.1. The number of aryl methyl sites for hydroxylation is 1. The van der Waals surface area contributed by atoms with E-state index in [-0.39, 0.29) is 5.79 Å². The average molecular weight is 446 g/mol. The van der Waals surface area contributed by atoms with Crippen molar-refractivity contribution < 1.29 is 9.47 Å². The van der Waals surface area contributed by atoms with E-state index in [2.05, 4.69) is 61.1 Å². The van der Waals surface area contributed by atoms with Crippen LogP contribution in [0.3, 0.4) is 0 Å². The van der Waals surface area contributed by atoms with E-state index in [9.17, 15) is 0 Å². The van der Waals surface area contributed by atoms with Crippen LogP contribution in [0, 0.1) is 13.8 Å². The molecule has 1 aliphatic carbocycles. The first kappa shape index (κ1) is 20.8. The monoisotopic (exact) mass is 445 g/mol. The van der Waals surface area contributed by atoms with Gasteiger partial charge in [-0.3, -0.25) is 4.98 Å². The third-order valence-electron chi connectivity index (χ3n) is 7.65. The molecule has 0 radical (unpaired) electrons. The van der Waals surface area contributed by atoms with Crippen molar-refractivity contribution in [3.05, 3.63) is 47.0 Å². The summed E-state index contributed by atoms with van der Waals surface area (Å²) in [4.78, 5) is 13.3. The van der Waals surface area contributed by atoms with Crippen LogP contribution < -0.4 is 0 Å². The summed E-state index contributed by atoms with van der Waals surface area (Å²) < 4.78 is 13.7. The molecule has 0 aromatic carbocycles. The maximum absolute atomic E-state index is 5.93. The highest BCUT2D eigenvalue weighted by Crippen LogP contribution is 2.43. The number of H-pyrrole nitrogens is 1. The van der Waals surface area contributed by atoms with Crippen LogP contribution in [-0.4, -0.2) is 43.6 Å². The molecule has 1 saturated heterocycles. The van der Waals surface area contributed by atoms with E-state index in [1.807, 2.05) is 4.52 Å². The fourth-order valence-electron chi connectivity index (χ4n) is 5.70. The third-order valence-corrected chi connectivity index (χ3v) is 7.65. The minimum Gasteiger partial charge on any atom is -0.353 e. The van der Waals surface area contributed by atoms with Crippen molar-refractivity contribution in [1.82, 2.24) is 24.6 Å². The molecule has 7 nitrogen and oxygen atoms in total. The molecule has 33 heavy (non-hydrogen) atoms. The molecule has 0 atom stereocenters. The second-order valence-electron chi connectivity index (χ2n) is 9.90. The zero-order valence-electron chi connectivity index (χ0n) is 19.8. The van der Waals surface area contributed by atoms with E-state index in [4.69, 9.17) is 14.5 Å². The molecule has 7 heteroatoms. The average Bonchev–Trinajstić information content (AvgIpc) is 3.54. The van der Waals surface area contributed by atoms with Crippen LogP contribution in [0.5, 0.6) is 0 Å². The number of nitrogens with one attached hydrogen (secondary N) is 1. The van der Waals surface area contributed by atoms with E-state index in [0.717, 1.165) is 72.4 Å². The quantitative estimate of drug-likeness (QED) is 0.456. The van der Waals surface area contributed by atoms with E-state index >= 15 is 0 Å². The van der Waals surface area contributed by atoms with Crippen molar-refractivity contribution >= 4 is 16.7 Å². The van der Waals surface area contributed by atoms with Crippen molar-refractivity contribution in [2.45, 2.75) is 71.0 Å². The second-order valence-corrected chi connectivity index (χ2v) is 9.90. The SMILES string of the molecule is Cc1c(-c2[nH]c3ccc(C4CCC5(CC4)OCCO5)nc3c2C(C)C)cn2ncnc2c1C. The first-order valence-electron chi connectivity index (χ1n) is 12.1. The van der Waals surface area contributed by atoms with Crippen LogP contribution in [0.4, 0.5) is 0 Å². The molecule has 2 aliphatic rings. The van der Waals surface area contributed by atoms with Gasteiger partial charge in [-0.25, -0.2) is 9.50 Å². The molecule has 1 N–H and O–H groups in total. The van der Waals surface area contributed by atoms with Gasteiger partial charge in [-0.2, -0.15) is 5.10 Å². The lowest BCUT2D eigenvalue weighted by Crippen LogP contribution is -2.34. The number of aromatic nitrogens is 5. The van der Waals surface area contributed by atoms with Gasteiger partial charge < -0.3 is 14.5 Å². The molecule has 4 aromatic heterocycles. The number of pyridine rings is 2. The van der Waals surface area contributed by atoms with Gasteiger partial charge in [0.25, 0.3) is 0 Å². The lowest BCUT2D eigenvalue weighted by atomic mass is 9.83. The lowest BCUT2D eigenvalue weighted by molar-refractivity contribution is -0.178. The van der Waals surface area contributed by atoms with Crippen LogP contribution in [-0.2, 0) is 9.47 Å². The molecular weight excluding hydrogens is 414 g/mol. The zero-order valence-corrected chi connectivity index (χ0v) is 19.8. The molecule has 0 bridgehead atoms. The Labute approximate surface area is 193 Å². The smallest absolute Gasteiger partial charge is 0.168 e. The van der Waals surface area contributed by atoms with Crippen molar-refractivity contribution in [2.24, 2.45) is 0 Å². The number of rotatable bonds is 3. The molecule has 5 heterocycles. The maximum Gasteiger partial charge on any atom is 0.168 e. The van der Waals surface area contributed by atoms with Crippen LogP contribution in [0.15, 0.2) is 24.7 Å². The van der Waals surface area contributed by atoms with E-state index < -0.39 is 0 Å². The van der Waals surface area contributed by atoms with Crippen LogP contribution in [0.2, 0.25) is 0 Å². The first-order chi connectivity index (χ1) is 16.0. The lowest BCUT2D eigenvalue weighted by Gasteiger charge is -2.35. The van der Waals surface area contributed by atoms with Gasteiger partial charge in [0.15, 0.2) is 11.4 Å². The molecule has 1 aliphatic heterocycles. The Hall–Kier alpha value is -2.77. The minimum atomic E-state index is -0.333. The van der Waals surface area contributed by atoms with Crippen molar-refractivity contribution in [2.75, 3.05) is 13.2 Å². The molecule has 0 unspecified atom stereocenters. The van der Waals surface area contributed by atoms with Crippen LogP contribution in [0.25, 0.3) is 27.9 Å². The van der Waals surface area contributed by atoms with Crippen LogP contribution in [0.1, 0.15) is 73.8 Å². The maximum atomic E-state index is 5.93. The largest absolute Gasteiger partial charge is 0.353 e. The van der Waals surface area contributed by atoms with E-state index in [1.54, 1.807) is 6.33 Å². The number of nitrogens with zero attached hydrogens (tertiary/aromatic N) is 4. The van der Waals surface area contributed by atoms with Gasteiger partial charge in [-0.15, -0.1) is 0 Å². The Bertz CT molecular complexity index is 1340. The fourth-order valence-corrected chi connectivity index (χ4v) is 5.70. The summed E-state index contributed by atoms with van der Waals surface area (Å²) >= 11 is 0. The predicted octanol–water partition coefficient (Wildman–Crippen LogP) is 5.41. The molecule has 4 aromatic rings. The van der Waals surface area contributed by atoms with Gasteiger partial charge in [-0.1, -0.05) is 13.8 Å². The summed E-state index contributed by atoms with van der Waals surface area (Å²) in [6, 6.07) is 4.40. The van der Waals surface area contributed by atoms with Gasteiger partial charge >= 0.3 is 0 Å². The highest BCUT2D eigenvalue weighted by Gasteiger charge is 2.41. The zero-order chi connectivity index (χ0) is 22.7. The molecule has 1 saturated carbocycles. The molecule has 1 spiro atoms. The number of fused-ring (bicyclic) bond motifs is 2. The van der Waals surface area contributed by atoms with Crippen molar-refractivity contribution in [3.8, 4) is 11.3 Å². The van der Waals surface area contributed by atoms with E-state index in [0.29, 0.717) is 11.8 Å². The molecule has 0 amide bonds. The predicted molar refractivity (Wildman–Crippen MR) is 127 cm³/mol. The van der Waals surface area contributed by atoms with Gasteiger partial charge in [0.05, 0.1) is 29.9 Å². The normalized spacial score (nSPS) is 18.9. The number of hydrogen-bond acceptors (Lipinski definition) is 5. The van der Waals surface area contributed by atoms with Crippen molar-refractivity contribution in [3.63, 3.8) is 0 Å². The highest BCUT2D eigenvalue weighted by atomic mass is 16.7. The van der Waals surface area contributed by atoms with Crippen LogP contribution >= 0.6 is 0 Å². The summed E-state index contributed by atoms with van der Waals surface area (Å²) in [5.74, 6) is 0.444. The Morgan fingerprint density at radius 3 is 2.58 bits per heavy atom. The standard InChI is InChI=1S/C26H31N5O2/c1-15(2)22-23(19-13-31-25(27-14-28-31)17(4)16(19)3)30-21-6-5-20(29-24(21)22)18-7-9-26(10-8-18)32-11-12-33-26/h5-6,13-15,18,30H,7-12H2,1-4H3. The summed E-state index contributed by atoms with van der Waals surface area (Å²) in [7, 11) is 0. The molecule has 2 fully saturated rings. The van der Waals surface area contributed by atoms with E-state index in [1.165, 1.54) is 16.8 Å². The Kier molecular flexibility index (Phi) is 4.82. The minimum absolute atomic E-state index is 0.331. The van der Waals surface area contributed by atoms with Gasteiger partial charge in [0.1, 0.15) is 6.33 Å². The summed E-state index contributed by atoms with van der Waals surface area (Å²) in [6.45, 7) is 10.2. The number of hydrogen-bond donors (Lipinski definition) is 1. The van der Waals surface area contributed by atoms with Crippen molar-refractivity contribution in [1.29, 1.82) is 0 Å². The molecule has 172 valence electrons. The summed E-state index contributed by atoms with van der Waals surface area (Å²) in [5.41, 5.74) is 10.2. The second kappa shape index (κ2) is 7.64. The Morgan fingerprint density at radius 1 is 1.09 bits per heavy atom. The summed E-state index contributed by atoms with van der Waals surface area (Å²) in [5, 5.41) is 4.40. The van der Waals surface area contributed by atoms with Gasteiger partial charge in [0.2, 0.25) is 0 Å². The fraction of sp³-hybridized carbons (Fsp3) is 0.500. The summed E-state index contributed by atoms with van der Waals surface area (Å²) in [6.07, 6.45) is 7.70. The highest BCUT2D eigenvalue weighted by molar-refractivity contribution is 5.89. The number of ether oxygens (including phenoxy) is 2. The van der Waals surface area contributed by atoms with Gasteiger partial charge in [-0.05, 0) is 55.9 Å². The Balaban J connectivity index is 1.42. The number of aromatic amines is 1. The third kappa shape index (κ3) is 3.28. The Morgan fingerprint density at radius 2 is 1.85 bits per heavy atom. The topological polar surface area (TPSA) is 77.3 Å². The van der Waals surface area contributed by atoms with Gasteiger partial charge in [0, 0.05) is 41.8 Å².